The summed E-state index contributed by atoms with van der Waals surface area (Å²) < 4.78 is 0. The lowest BCUT2D eigenvalue weighted by atomic mass is 10.0. The molecule has 0 atom stereocenters. The Labute approximate surface area is 96.5 Å². The summed E-state index contributed by atoms with van der Waals surface area (Å²) in [6, 6.07) is 4.05. The number of carbonyl (C=O) groups is 2. The molecule has 2 amide bonds. The Bertz CT molecular complexity index is 484. The summed E-state index contributed by atoms with van der Waals surface area (Å²) in [4.78, 5) is 31.6. The molecule has 90 valence electrons. The predicted octanol–water partition coefficient (Wildman–Crippen LogP) is -0.350. The average Bonchev–Trinajstić information content (AvgIpc) is 2.15. The van der Waals surface area contributed by atoms with Crippen molar-refractivity contribution in [3.05, 3.63) is 39.4 Å². The van der Waals surface area contributed by atoms with Crippen molar-refractivity contribution >= 4 is 17.5 Å². The Kier molecular flexibility index (Phi) is 3.76. The second-order valence-corrected chi connectivity index (χ2v) is 3.51. The number of nitro benzene ring substituents is 1. The van der Waals surface area contributed by atoms with Crippen LogP contribution in [0.25, 0.3) is 0 Å². The van der Waals surface area contributed by atoms with Crippen LogP contribution >= 0.6 is 0 Å². The topological polar surface area (TPSA) is 129 Å². The van der Waals surface area contributed by atoms with Crippen molar-refractivity contribution < 1.29 is 14.5 Å². The van der Waals surface area contributed by atoms with E-state index in [1.165, 1.54) is 18.2 Å². The van der Waals surface area contributed by atoms with Gasteiger partial charge in [0.1, 0.15) is 0 Å². The zero-order valence-electron chi connectivity index (χ0n) is 8.88. The molecule has 0 aliphatic carbocycles. The molecular formula is C10H11N3O4. The van der Waals surface area contributed by atoms with Gasteiger partial charge in [0, 0.05) is 11.6 Å². The monoisotopic (exact) mass is 237 g/mol. The fourth-order valence-electron chi connectivity index (χ4n) is 1.46. The zero-order chi connectivity index (χ0) is 13.0. The highest BCUT2D eigenvalue weighted by molar-refractivity contribution is 5.79. The molecule has 0 unspecified atom stereocenters. The molecule has 7 heteroatoms. The minimum atomic E-state index is -0.677. The fourth-order valence-corrected chi connectivity index (χ4v) is 1.46. The molecule has 0 aliphatic heterocycles. The quantitative estimate of drug-likeness (QED) is 0.535. The van der Waals surface area contributed by atoms with E-state index < -0.39 is 16.7 Å². The summed E-state index contributed by atoms with van der Waals surface area (Å²) in [6.07, 6.45) is -0.285. The first-order valence-corrected chi connectivity index (χ1v) is 4.73. The molecule has 0 saturated carbocycles. The van der Waals surface area contributed by atoms with Crippen molar-refractivity contribution in [3.63, 3.8) is 0 Å². The van der Waals surface area contributed by atoms with Crippen molar-refractivity contribution in [1.29, 1.82) is 0 Å². The third-order valence-corrected chi connectivity index (χ3v) is 2.08. The maximum absolute atomic E-state index is 10.8. The molecule has 0 radical (unpaired) electrons. The molecule has 0 saturated heterocycles. The normalized spacial score (nSPS) is 9.88. The van der Waals surface area contributed by atoms with E-state index in [1.54, 1.807) is 0 Å². The van der Waals surface area contributed by atoms with E-state index in [-0.39, 0.29) is 24.1 Å². The first-order valence-electron chi connectivity index (χ1n) is 4.73. The fraction of sp³-hybridized carbons (Fsp3) is 0.200. The smallest absolute Gasteiger partial charge is 0.273 e. The van der Waals surface area contributed by atoms with Crippen molar-refractivity contribution in [1.82, 2.24) is 0 Å². The van der Waals surface area contributed by atoms with E-state index in [1.807, 2.05) is 0 Å². The van der Waals surface area contributed by atoms with Gasteiger partial charge in [-0.05, 0) is 11.6 Å². The predicted molar refractivity (Wildman–Crippen MR) is 58.9 cm³/mol. The third kappa shape index (κ3) is 3.56. The van der Waals surface area contributed by atoms with Gasteiger partial charge < -0.3 is 11.5 Å². The van der Waals surface area contributed by atoms with Crippen LogP contribution in [0.5, 0.6) is 0 Å². The summed E-state index contributed by atoms with van der Waals surface area (Å²) in [5.74, 6) is -1.23. The van der Waals surface area contributed by atoms with Crippen LogP contribution in [-0.2, 0) is 22.4 Å². The SMILES string of the molecule is NC(=O)Cc1ccc([N+](=O)[O-])c(CC(N)=O)c1. The van der Waals surface area contributed by atoms with Gasteiger partial charge in [0.05, 0.1) is 17.8 Å². The maximum atomic E-state index is 10.8. The highest BCUT2D eigenvalue weighted by Crippen LogP contribution is 2.20. The molecule has 7 nitrogen and oxygen atoms in total. The third-order valence-electron chi connectivity index (χ3n) is 2.08. The van der Waals surface area contributed by atoms with Crippen LogP contribution < -0.4 is 11.5 Å². The van der Waals surface area contributed by atoms with Gasteiger partial charge in [-0.15, -0.1) is 0 Å². The highest BCUT2D eigenvalue weighted by Gasteiger charge is 2.16. The van der Waals surface area contributed by atoms with E-state index in [9.17, 15) is 19.7 Å². The van der Waals surface area contributed by atoms with Gasteiger partial charge in [-0.25, -0.2) is 0 Å². The molecule has 0 aliphatic rings. The average molecular weight is 237 g/mol. The number of primary amides is 2. The largest absolute Gasteiger partial charge is 0.369 e. The van der Waals surface area contributed by atoms with Crippen molar-refractivity contribution in [2.45, 2.75) is 12.8 Å². The van der Waals surface area contributed by atoms with E-state index in [0.717, 1.165) is 0 Å². The molecule has 1 aromatic carbocycles. The lowest BCUT2D eigenvalue weighted by molar-refractivity contribution is -0.385. The zero-order valence-corrected chi connectivity index (χ0v) is 8.88. The first-order chi connectivity index (χ1) is 7.90. The number of hydrogen-bond donors (Lipinski definition) is 2. The molecular weight excluding hydrogens is 226 g/mol. The van der Waals surface area contributed by atoms with Crippen molar-refractivity contribution in [2.75, 3.05) is 0 Å². The second kappa shape index (κ2) is 5.06. The van der Waals surface area contributed by atoms with Gasteiger partial charge >= 0.3 is 0 Å². The van der Waals surface area contributed by atoms with Gasteiger partial charge in [0.2, 0.25) is 11.8 Å². The molecule has 17 heavy (non-hydrogen) atoms. The molecule has 4 N–H and O–H groups in total. The van der Waals surface area contributed by atoms with E-state index in [0.29, 0.717) is 5.56 Å². The lowest BCUT2D eigenvalue weighted by Gasteiger charge is -2.03. The van der Waals surface area contributed by atoms with Gasteiger partial charge in [-0.3, -0.25) is 19.7 Å². The number of amides is 2. The van der Waals surface area contributed by atoms with Crippen LogP contribution in [0, 0.1) is 10.1 Å². The Morgan fingerprint density at radius 2 is 1.76 bits per heavy atom. The van der Waals surface area contributed by atoms with E-state index in [2.05, 4.69) is 0 Å². The van der Waals surface area contributed by atoms with Crippen molar-refractivity contribution in [2.24, 2.45) is 11.5 Å². The van der Waals surface area contributed by atoms with E-state index in [4.69, 9.17) is 11.5 Å². The molecule has 1 aromatic rings. The summed E-state index contributed by atoms with van der Waals surface area (Å²) in [5, 5.41) is 10.7. The number of carbonyl (C=O) groups excluding carboxylic acids is 2. The summed E-state index contributed by atoms with van der Waals surface area (Å²) >= 11 is 0. The number of benzene rings is 1. The van der Waals surface area contributed by atoms with Crippen molar-refractivity contribution in [3.8, 4) is 0 Å². The van der Waals surface area contributed by atoms with Gasteiger partial charge in [0.25, 0.3) is 5.69 Å². The minimum Gasteiger partial charge on any atom is -0.369 e. The molecule has 0 heterocycles. The number of nitrogens with two attached hydrogens (primary N) is 2. The molecule has 0 fully saturated rings. The van der Waals surface area contributed by atoms with Gasteiger partial charge in [-0.2, -0.15) is 0 Å². The van der Waals surface area contributed by atoms with Crippen LogP contribution in [0.1, 0.15) is 11.1 Å². The number of hydrogen-bond acceptors (Lipinski definition) is 4. The Hall–Kier alpha value is -2.44. The minimum absolute atomic E-state index is 0.0379. The van der Waals surface area contributed by atoms with Crippen LogP contribution in [0.4, 0.5) is 5.69 Å². The van der Waals surface area contributed by atoms with Crippen LogP contribution in [0.15, 0.2) is 18.2 Å². The first kappa shape index (κ1) is 12.6. The van der Waals surface area contributed by atoms with Crippen LogP contribution in [-0.4, -0.2) is 16.7 Å². The Morgan fingerprint density at radius 3 is 2.24 bits per heavy atom. The number of rotatable bonds is 5. The number of nitro groups is 1. The van der Waals surface area contributed by atoms with E-state index >= 15 is 0 Å². The number of nitrogens with zero attached hydrogens (tertiary/aromatic N) is 1. The molecule has 1 rings (SSSR count). The maximum Gasteiger partial charge on any atom is 0.273 e. The summed E-state index contributed by atoms with van der Waals surface area (Å²) in [7, 11) is 0. The molecule has 0 spiro atoms. The van der Waals surface area contributed by atoms with Gasteiger partial charge in [-0.1, -0.05) is 6.07 Å². The molecule has 0 bridgehead atoms. The highest BCUT2D eigenvalue weighted by atomic mass is 16.6. The summed E-state index contributed by atoms with van der Waals surface area (Å²) in [5.41, 5.74) is 10.5. The summed E-state index contributed by atoms with van der Waals surface area (Å²) in [6.45, 7) is 0. The standard InChI is InChI=1S/C10H11N3O4/c11-9(14)4-6-1-2-8(13(16)17)7(3-6)5-10(12)15/h1-3H,4-5H2,(H2,11,14)(H2,12,15). The van der Waals surface area contributed by atoms with Gasteiger partial charge in [0.15, 0.2) is 0 Å². The van der Waals surface area contributed by atoms with Crippen LogP contribution in [0.3, 0.4) is 0 Å². The Balaban J connectivity index is 3.13. The molecule has 0 aromatic heterocycles. The second-order valence-electron chi connectivity index (χ2n) is 3.51. The van der Waals surface area contributed by atoms with Crippen LogP contribution in [0.2, 0.25) is 0 Å². The Morgan fingerprint density at radius 1 is 1.18 bits per heavy atom. The lowest BCUT2D eigenvalue weighted by Crippen LogP contribution is -2.16.